The summed E-state index contributed by atoms with van der Waals surface area (Å²) in [5.74, 6) is -2.24. The average Bonchev–Trinajstić information content (AvgIpc) is 3.08. The van der Waals surface area contributed by atoms with Crippen LogP contribution in [0.3, 0.4) is 0 Å². The quantitative estimate of drug-likeness (QED) is 0.189. The molecule has 1 aromatic heterocycles. The Labute approximate surface area is 338 Å². The molecule has 3 aromatic carbocycles. The molecule has 0 saturated heterocycles. The molecule has 4 aromatic rings. The van der Waals surface area contributed by atoms with Gasteiger partial charge in [0.25, 0.3) is 0 Å². The van der Waals surface area contributed by atoms with Crippen molar-refractivity contribution in [3.63, 3.8) is 0 Å². The Morgan fingerprint density at radius 2 is 1.64 bits per heavy atom. The number of aryl methyl sites for hydroxylation is 1. The zero-order valence-corrected chi connectivity index (χ0v) is 35.0. The van der Waals surface area contributed by atoms with Gasteiger partial charge in [-0.15, -0.1) is 0 Å². The lowest BCUT2D eigenvalue weighted by atomic mass is 9.92. The van der Waals surface area contributed by atoms with Crippen LogP contribution in [0.5, 0.6) is 0 Å². The molecule has 0 aliphatic carbocycles. The second-order valence-corrected chi connectivity index (χ2v) is 17.2. The smallest absolute Gasteiger partial charge is 0.425 e. The molecule has 14 heteroatoms. The van der Waals surface area contributed by atoms with Crippen molar-refractivity contribution < 1.29 is 42.2 Å². The van der Waals surface area contributed by atoms with Gasteiger partial charge in [-0.2, -0.15) is 4.90 Å². The number of carbonyl (C=O) groups is 4. The molecule has 0 saturated carbocycles. The zero-order valence-electron chi connectivity index (χ0n) is 35.0. The van der Waals surface area contributed by atoms with Gasteiger partial charge in [-0.25, -0.2) is 28.1 Å². The van der Waals surface area contributed by atoms with Gasteiger partial charge in [-0.05, 0) is 124 Å². The number of fused-ring (bicyclic) bond motifs is 10. The normalized spacial score (nSPS) is 16.6. The van der Waals surface area contributed by atoms with Gasteiger partial charge >= 0.3 is 18.3 Å². The summed E-state index contributed by atoms with van der Waals surface area (Å²) < 4.78 is 48.8. The second-order valence-electron chi connectivity index (χ2n) is 17.2. The number of nitrogens with one attached hydrogen (secondary N) is 2. The number of hydrogen-bond donors (Lipinski definition) is 2. The Bertz CT molecular complexity index is 2200. The Morgan fingerprint density at radius 1 is 0.983 bits per heavy atom. The SMILES string of the molecule is Cc1cc2ccc1[C@@H](C)COC(=O)Nc1cc(F)c(CC(C)C)c(c1)CN(C)C(=O)[C@@H]2Nc1cc(F)c2c(N(C(=O)OC(C)(C)C)C(=O)OC(C)(C)C)nccc2c1. The predicted octanol–water partition coefficient (Wildman–Crippen LogP) is 10.2. The van der Waals surface area contributed by atoms with E-state index < -0.39 is 53.1 Å². The third-order valence-electron chi connectivity index (χ3n) is 9.27. The topological polar surface area (TPSA) is 139 Å². The summed E-state index contributed by atoms with van der Waals surface area (Å²) in [6.07, 6.45) is -1.22. The number of hydrogen-bond acceptors (Lipinski definition) is 9. The van der Waals surface area contributed by atoms with Crippen molar-refractivity contribution in [3.05, 3.63) is 94.2 Å². The van der Waals surface area contributed by atoms with Crippen LogP contribution in [0, 0.1) is 24.5 Å². The number of imide groups is 1. The first-order chi connectivity index (χ1) is 27.0. The van der Waals surface area contributed by atoms with E-state index in [-0.39, 0.29) is 53.0 Å². The van der Waals surface area contributed by atoms with Crippen molar-refractivity contribution in [2.75, 3.05) is 29.2 Å². The van der Waals surface area contributed by atoms with Crippen LogP contribution in [-0.4, -0.2) is 58.9 Å². The summed E-state index contributed by atoms with van der Waals surface area (Å²) in [6, 6.07) is 11.6. The second kappa shape index (κ2) is 17.0. The Morgan fingerprint density at radius 3 is 2.24 bits per heavy atom. The maximum Gasteiger partial charge on any atom is 0.425 e. The standard InChI is InChI=1S/C44H53F2N5O7/c1-24(2)16-33-29-19-31(20-34(33)45)49-40(53)56-23-26(4)32-13-12-28(17-25(32)3)37(39(52)50(11)22-29)48-30-18-27-14-15-47-38(36(27)35(46)21-30)51(41(54)57-43(5,6)7)42(55)58-44(8,9)10/h12-15,17-21,24,26,37,48H,16,22-23H2,1-11H3,(H,49,53)/t26-,37+/m0/s1. The number of likely N-dealkylation sites (N-methyl/N-ethyl adjacent to an activating group) is 1. The Balaban J connectivity index is 1.61. The van der Waals surface area contributed by atoms with Gasteiger partial charge in [0.2, 0.25) is 5.91 Å². The summed E-state index contributed by atoms with van der Waals surface area (Å²) in [4.78, 5) is 60.6. The lowest BCUT2D eigenvalue weighted by molar-refractivity contribution is -0.131. The highest BCUT2D eigenvalue weighted by Gasteiger charge is 2.36. The lowest BCUT2D eigenvalue weighted by Gasteiger charge is -2.29. The van der Waals surface area contributed by atoms with E-state index in [0.717, 1.165) is 17.2 Å². The number of rotatable bonds is 5. The predicted molar refractivity (Wildman–Crippen MR) is 219 cm³/mol. The molecule has 0 unspecified atom stereocenters. The van der Waals surface area contributed by atoms with E-state index in [1.54, 1.807) is 66.8 Å². The first kappa shape index (κ1) is 43.3. The van der Waals surface area contributed by atoms with Crippen molar-refractivity contribution in [1.82, 2.24) is 9.88 Å². The van der Waals surface area contributed by atoms with Crippen LogP contribution in [0.15, 0.2) is 54.7 Å². The summed E-state index contributed by atoms with van der Waals surface area (Å²) in [5, 5.41) is 5.96. The van der Waals surface area contributed by atoms with Crippen molar-refractivity contribution >= 4 is 52.2 Å². The van der Waals surface area contributed by atoms with Crippen molar-refractivity contribution in [3.8, 4) is 0 Å². The third-order valence-corrected chi connectivity index (χ3v) is 9.27. The minimum absolute atomic E-state index is 0.0130. The Kier molecular flexibility index (Phi) is 12.7. The van der Waals surface area contributed by atoms with Crippen LogP contribution in [0.25, 0.3) is 10.8 Å². The number of halogens is 2. The van der Waals surface area contributed by atoms with Crippen molar-refractivity contribution in [2.24, 2.45) is 5.92 Å². The van der Waals surface area contributed by atoms with Crippen LogP contribution >= 0.6 is 0 Å². The molecule has 310 valence electrons. The molecular formula is C44H53F2N5O7. The number of aromatic nitrogens is 1. The molecule has 6 rings (SSSR count). The number of amides is 4. The van der Waals surface area contributed by atoms with Crippen LogP contribution in [-0.2, 0) is 32.0 Å². The number of anilines is 3. The van der Waals surface area contributed by atoms with Crippen molar-refractivity contribution in [2.45, 2.75) is 105 Å². The summed E-state index contributed by atoms with van der Waals surface area (Å²) in [6.45, 7) is 17.5. The number of benzene rings is 3. The van der Waals surface area contributed by atoms with Gasteiger partial charge in [0.05, 0.1) is 12.0 Å². The van der Waals surface area contributed by atoms with Gasteiger partial charge in [-0.3, -0.25) is 10.1 Å². The summed E-state index contributed by atoms with van der Waals surface area (Å²) in [7, 11) is 1.59. The molecule has 0 radical (unpaired) electrons. The maximum atomic E-state index is 16.5. The average molecular weight is 802 g/mol. The molecule has 2 N–H and O–H groups in total. The summed E-state index contributed by atoms with van der Waals surface area (Å²) in [5.41, 5.74) is 1.59. The van der Waals surface area contributed by atoms with Gasteiger partial charge in [-0.1, -0.05) is 39.0 Å². The fourth-order valence-corrected chi connectivity index (χ4v) is 6.79. The first-order valence-corrected chi connectivity index (χ1v) is 19.2. The van der Waals surface area contributed by atoms with E-state index in [1.165, 1.54) is 23.2 Å². The minimum Gasteiger partial charge on any atom is -0.449 e. The largest absolute Gasteiger partial charge is 0.449 e. The Hall–Kier alpha value is -5.79. The monoisotopic (exact) mass is 801 g/mol. The minimum atomic E-state index is -1.10. The molecule has 4 bridgehead atoms. The fourth-order valence-electron chi connectivity index (χ4n) is 6.79. The van der Waals surface area contributed by atoms with E-state index in [0.29, 0.717) is 28.0 Å². The van der Waals surface area contributed by atoms with Crippen LogP contribution in [0.1, 0.15) is 102 Å². The molecule has 4 amide bonds. The van der Waals surface area contributed by atoms with Crippen LogP contribution in [0.4, 0.5) is 40.4 Å². The van der Waals surface area contributed by atoms with E-state index in [1.807, 2.05) is 39.8 Å². The van der Waals surface area contributed by atoms with Gasteiger partial charge < -0.3 is 24.4 Å². The van der Waals surface area contributed by atoms with Crippen LogP contribution in [0.2, 0.25) is 0 Å². The molecule has 58 heavy (non-hydrogen) atoms. The van der Waals surface area contributed by atoms with Crippen molar-refractivity contribution in [1.29, 1.82) is 0 Å². The highest BCUT2D eigenvalue weighted by atomic mass is 19.1. The number of carbonyl (C=O) groups excluding carboxylic acids is 4. The molecular weight excluding hydrogens is 749 g/mol. The number of ether oxygens (including phenoxy) is 3. The van der Waals surface area contributed by atoms with E-state index in [2.05, 4.69) is 15.6 Å². The molecule has 2 aliphatic rings. The highest BCUT2D eigenvalue weighted by Crippen LogP contribution is 2.35. The van der Waals surface area contributed by atoms with Gasteiger partial charge in [0.15, 0.2) is 5.82 Å². The lowest BCUT2D eigenvalue weighted by Crippen LogP contribution is -2.44. The van der Waals surface area contributed by atoms with Crippen LogP contribution < -0.4 is 15.5 Å². The molecule has 0 fully saturated rings. The van der Waals surface area contributed by atoms with E-state index >= 15 is 8.78 Å². The number of pyridine rings is 1. The van der Waals surface area contributed by atoms with E-state index in [4.69, 9.17) is 14.2 Å². The zero-order chi connectivity index (χ0) is 42.9. The molecule has 12 nitrogen and oxygen atoms in total. The van der Waals surface area contributed by atoms with E-state index in [9.17, 15) is 19.2 Å². The van der Waals surface area contributed by atoms with Gasteiger partial charge in [0.1, 0.15) is 28.9 Å². The molecule has 0 spiro atoms. The molecule has 2 aliphatic heterocycles. The molecule has 2 atom stereocenters. The third kappa shape index (κ3) is 10.4. The highest BCUT2D eigenvalue weighted by molar-refractivity contribution is 6.14. The molecule has 3 heterocycles. The number of nitrogens with zero attached hydrogens (tertiary/aromatic N) is 3. The fraction of sp³-hybridized carbons (Fsp3) is 0.432. The first-order valence-electron chi connectivity index (χ1n) is 19.2. The maximum absolute atomic E-state index is 16.5. The van der Waals surface area contributed by atoms with Gasteiger partial charge in [0, 0.05) is 37.1 Å². The summed E-state index contributed by atoms with van der Waals surface area (Å²) >= 11 is 0.